The van der Waals surface area contributed by atoms with Gasteiger partial charge in [0.2, 0.25) is 0 Å². The van der Waals surface area contributed by atoms with E-state index >= 15 is 0 Å². The van der Waals surface area contributed by atoms with E-state index in [2.05, 4.69) is 5.16 Å². The lowest BCUT2D eigenvalue weighted by Crippen LogP contribution is -2.29. The standard InChI is InChI=1S/C25H24N2O6/c1-4-11-32-19-10-5-7-16(13-19)22-21(23(28)17-8-6-9-18(14-17)31-3)24(29)25(30)27(22)20-12-15(2)33-26-20/h5-10,12-14,22,28H,4,11H2,1-3H3/b23-21+/t22-/m1/s1. The van der Waals surface area contributed by atoms with Gasteiger partial charge < -0.3 is 19.1 Å². The van der Waals surface area contributed by atoms with E-state index in [9.17, 15) is 14.7 Å². The Labute approximate surface area is 191 Å². The number of Topliss-reactive ketones (excluding diaryl/α,β-unsaturated/α-hetero) is 1. The van der Waals surface area contributed by atoms with Crippen molar-refractivity contribution in [1.82, 2.24) is 5.16 Å². The molecule has 1 fully saturated rings. The summed E-state index contributed by atoms with van der Waals surface area (Å²) in [6, 6.07) is 14.4. The third kappa shape index (κ3) is 4.19. The maximum Gasteiger partial charge on any atom is 0.301 e. The van der Waals surface area contributed by atoms with Crippen molar-refractivity contribution in [3.63, 3.8) is 0 Å². The summed E-state index contributed by atoms with van der Waals surface area (Å²) in [5.74, 6) is -0.162. The first-order valence-corrected chi connectivity index (χ1v) is 10.6. The Morgan fingerprint density at radius 3 is 2.58 bits per heavy atom. The molecular formula is C25H24N2O6. The van der Waals surface area contributed by atoms with Crippen LogP contribution in [0, 0.1) is 6.92 Å². The fraction of sp³-hybridized carbons (Fsp3) is 0.240. The number of hydrogen-bond donors (Lipinski definition) is 1. The summed E-state index contributed by atoms with van der Waals surface area (Å²) in [4.78, 5) is 27.5. The van der Waals surface area contributed by atoms with Crippen molar-refractivity contribution in [2.24, 2.45) is 0 Å². The van der Waals surface area contributed by atoms with Gasteiger partial charge in [-0.15, -0.1) is 0 Å². The number of benzene rings is 2. The molecule has 8 heteroatoms. The Kier molecular flexibility index (Phi) is 6.17. The fourth-order valence-corrected chi connectivity index (χ4v) is 3.77. The minimum absolute atomic E-state index is 0.0541. The lowest BCUT2D eigenvalue weighted by Gasteiger charge is -2.23. The number of amides is 1. The fourth-order valence-electron chi connectivity index (χ4n) is 3.77. The van der Waals surface area contributed by atoms with Crippen molar-refractivity contribution in [2.45, 2.75) is 26.3 Å². The van der Waals surface area contributed by atoms with Gasteiger partial charge in [-0.3, -0.25) is 14.5 Å². The molecule has 1 saturated heterocycles. The minimum Gasteiger partial charge on any atom is -0.507 e. The number of anilines is 1. The highest BCUT2D eigenvalue weighted by atomic mass is 16.5. The molecule has 3 aromatic rings. The van der Waals surface area contributed by atoms with Crippen LogP contribution in [0.5, 0.6) is 11.5 Å². The zero-order valence-electron chi connectivity index (χ0n) is 18.6. The third-order valence-electron chi connectivity index (χ3n) is 5.30. The van der Waals surface area contributed by atoms with Gasteiger partial charge >= 0.3 is 5.91 Å². The zero-order chi connectivity index (χ0) is 23.5. The van der Waals surface area contributed by atoms with Gasteiger partial charge in [-0.05, 0) is 43.2 Å². The average molecular weight is 448 g/mol. The Balaban J connectivity index is 1.90. The van der Waals surface area contributed by atoms with Gasteiger partial charge in [-0.2, -0.15) is 0 Å². The van der Waals surface area contributed by atoms with Gasteiger partial charge in [0.25, 0.3) is 5.78 Å². The highest BCUT2D eigenvalue weighted by molar-refractivity contribution is 6.51. The molecule has 33 heavy (non-hydrogen) atoms. The van der Waals surface area contributed by atoms with E-state index < -0.39 is 17.7 Å². The Morgan fingerprint density at radius 1 is 1.12 bits per heavy atom. The van der Waals surface area contributed by atoms with E-state index in [0.717, 1.165) is 6.42 Å². The molecular weight excluding hydrogens is 424 g/mol. The topological polar surface area (TPSA) is 102 Å². The van der Waals surface area contributed by atoms with Crippen LogP contribution >= 0.6 is 0 Å². The molecule has 1 aromatic heterocycles. The summed E-state index contributed by atoms with van der Waals surface area (Å²) >= 11 is 0. The number of ketones is 1. The number of ether oxygens (including phenoxy) is 2. The summed E-state index contributed by atoms with van der Waals surface area (Å²) < 4.78 is 16.1. The molecule has 0 unspecified atom stereocenters. The average Bonchev–Trinajstić information content (AvgIpc) is 3.37. The van der Waals surface area contributed by atoms with Crippen molar-refractivity contribution < 1.29 is 28.7 Å². The van der Waals surface area contributed by atoms with Crippen molar-refractivity contribution in [3.05, 3.63) is 77.1 Å². The molecule has 1 N–H and O–H groups in total. The molecule has 0 radical (unpaired) electrons. The Hall–Kier alpha value is -4.07. The van der Waals surface area contributed by atoms with Crippen LogP contribution in [0.25, 0.3) is 5.76 Å². The van der Waals surface area contributed by atoms with Crippen LogP contribution in [0.15, 0.2) is 64.7 Å². The quantitative estimate of drug-likeness (QED) is 0.325. The van der Waals surface area contributed by atoms with Crippen molar-refractivity contribution in [3.8, 4) is 11.5 Å². The van der Waals surface area contributed by atoms with Crippen molar-refractivity contribution >= 4 is 23.3 Å². The predicted molar refractivity (Wildman–Crippen MR) is 121 cm³/mol. The number of methoxy groups -OCH3 is 1. The molecule has 0 saturated carbocycles. The second-order valence-corrected chi connectivity index (χ2v) is 7.62. The first-order valence-electron chi connectivity index (χ1n) is 10.6. The second-order valence-electron chi connectivity index (χ2n) is 7.62. The Bertz CT molecular complexity index is 1230. The number of nitrogens with zero attached hydrogens (tertiary/aromatic N) is 2. The molecule has 1 atom stereocenters. The lowest BCUT2D eigenvalue weighted by atomic mass is 9.95. The molecule has 4 rings (SSSR count). The first-order chi connectivity index (χ1) is 15.9. The maximum atomic E-state index is 13.2. The van der Waals surface area contributed by atoms with Crippen LogP contribution < -0.4 is 14.4 Å². The molecule has 2 heterocycles. The molecule has 0 spiro atoms. The van der Waals surface area contributed by atoms with Crippen molar-refractivity contribution in [2.75, 3.05) is 18.6 Å². The number of hydrogen-bond acceptors (Lipinski definition) is 7. The van der Waals surface area contributed by atoms with Gasteiger partial charge in [-0.25, -0.2) is 0 Å². The largest absolute Gasteiger partial charge is 0.507 e. The van der Waals surface area contributed by atoms with Crippen molar-refractivity contribution in [1.29, 1.82) is 0 Å². The molecule has 2 aromatic carbocycles. The molecule has 8 nitrogen and oxygen atoms in total. The molecule has 0 bridgehead atoms. The Morgan fingerprint density at radius 2 is 1.88 bits per heavy atom. The number of rotatable bonds is 7. The van der Waals surface area contributed by atoms with E-state index in [1.165, 1.54) is 12.0 Å². The van der Waals surface area contributed by atoms with Crippen LogP contribution in [0.4, 0.5) is 5.82 Å². The van der Waals surface area contributed by atoms with E-state index in [4.69, 9.17) is 14.0 Å². The third-order valence-corrected chi connectivity index (χ3v) is 5.30. The van der Waals surface area contributed by atoms with E-state index in [1.807, 2.05) is 6.92 Å². The summed E-state index contributed by atoms with van der Waals surface area (Å²) in [6.07, 6.45) is 0.830. The van der Waals surface area contributed by atoms with E-state index in [0.29, 0.717) is 35.0 Å². The molecule has 1 amide bonds. The van der Waals surface area contributed by atoms with Crippen LogP contribution in [0.1, 0.15) is 36.3 Å². The lowest BCUT2D eigenvalue weighted by molar-refractivity contribution is -0.132. The van der Waals surface area contributed by atoms with Crippen LogP contribution in [-0.2, 0) is 9.59 Å². The number of aryl methyl sites for hydroxylation is 1. The van der Waals surface area contributed by atoms with E-state index in [-0.39, 0.29) is 17.2 Å². The van der Waals surface area contributed by atoms with Gasteiger partial charge in [0.15, 0.2) is 5.82 Å². The number of aliphatic hydroxyl groups is 1. The molecule has 1 aliphatic heterocycles. The molecule has 0 aliphatic carbocycles. The zero-order valence-corrected chi connectivity index (χ0v) is 18.6. The number of aliphatic hydroxyl groups excluding tert-OH is 1. The highest BCUT2D eigenvalue weighted by Gasteiger charge is 2.48. The molecule has 170 valence electrons. The van der Waals surface area contributed by atoms with Crippen LogP contribution in [-0.4, -0.2) is 35.7 Å². The monoisotopic (exact) mass is 448 g/mol. The van der Waals surface area contributed by atoms with Gasteiger partial charge in [-0.1, -0.05) is 36.3 Å². The van der Waals surface area contributed by atoms with Crippen LogP contribution in [0.2, 0.25) is 0 Å². The summed E-state index contributed by atoms with van der Waals surface area (Å²) in [6.45, 7) is 4.22. The highest BCUT2D eigenvalue weighted by Crippen LogP contribution is 2.42. The van der Waals surface area contributed by atoms with Crippen LogP contribution in [0.3, 0.4) is 0 Å². The predicted octanol–water partition coefficient (Wildman–Crippen LogP) is 4.41. The maximum absolute atomic E-state index is 13.2. The SMILES string of the molecule is CCCOc1cccc([C@@H]2/C(=C(\O)c3cccc(OC)c3)C(=O)C(=O)N2c2cc(C)on2)c1. The summed E-state index contributed by atoms with van der Waals surface area (Å²) in [7, 11) is 1.51. The number of aromatic nitrogens is 1. The van der Waals surface area contributed by atoms with E-state index in [1.54, 1.807) is 61.5 Å². The van der Waals surface area contributed by atoms with Gasteiger partial charge in [0.05, 0.1) is 25.3 Å². The minimum atomic E-state index is -0.925. The number of carbonyl (C=O) groups excluding carboxylic acids is 2. The normalized spacial score (nSPS) is 17.4. The van der Waals surface area contributed by atoms with Gasteiger partial charge in [0, 0.05) is 11.6 Å². The summed E-state index contributed by atoms with van der Waals surface area (Å²) in [5.41, 5.74) is 0.890. The first kappa shape index (κ1) is 22.1. The number of carbonyl (C=O) groups is 2. The smallest absolute Gasteiger partial charge is 0.301 e. The second kappa shape index (κ2) is 9.20. The summed E-state index contributed by atoms with van der Waals surface area (Å²) in [5, 5.41) is 15.1. The molecule has 1 aliphatic rings. The van der Waals surface area contributed by atoms with Gasteiger partial charge in [0.1, 0.15) is 23.0 Å².